The zero-order valence-corrected chi connectivity index (χ0v) is 27.6. The fraction of sp³-hybridized carbons (Fsp3) is 0.405. The first kappa shape index (κ1) is 35.2. The minimum Gasteiger partial charge on any atom is -0.507 e. The van der Waals surface area contributed by atoms with Gasteiger partial charge >= 0.3 is 11.9 Å². The maximum absolute atomic E-state index is 13.5. The van der Waals surface area contributed by atoms with Gasteiger partial charge in [0.25, 0.3) is 0 Å². The summed E-state index contributed by atoms with van der Waals surface area (Å²) in [6.45, 7) is 12.5. The van der Waals surface area contributed by atoms with Crippen molar-refractivity contribution in [1.29, 1.82) is 0 Å². The molecule has 47 heavy (non-hydrogen) atoms. The number of benzene rings is 2. The number of aryl methyl sites for hydroxylation is 2. The Morgan fingerprint density at radius 3 is 2.36 bits per heavy atom. The van der Waals surface area contributed by atoms with Gasteiger partial charge in [-0.25, -0.2) is 9.59 Å². The Morgan fingerprint density at radius 1 is 1.06 bits per heavy atom. The minimum atomic E-state index is -1.24. The van der Waals surface area contributed by atoms with Crippen molar-refractivity contribution in [2.24, 2.45) is 5.92 Å². The van der Waals surface area contributed by atoms with Crippen LogP contribution in [0.5, 0.6) is 5.75 Å². The molecule has 1 aliphatic heterocycles. The standard InChI is InChI=1S/C37H44N2O8/c1-21(2)15-31-36(44)46-30(25(6)28-19-37(28,45)27-11-8-7-9-12-27)13-10-14-32(40)39-29(34(42)38-20-24(5)35(43)47-31)18-26-16-22(3)33(41)23(4)17-26/h7-12,14,16-17,21,29-31,41,45H,5,13,15,18-20H2,1-4,6H3,(H,38,42)(H,39,40)/b14-10+,28-25?/t29-,30+,31+,37?/m1/s1. The van der Waals surface area contributed by atoms with E-state index < -0.39 is 47.6 Å². The zero-order valence-electron chi connectivity index (χ0n) is 27.6. The quantitative estimate of drug-likeness (QED) is 0.208. The Balaban J connectivity index is 1.66. The maximum Gasteiger partial charge on any atom is 0.348 e. The van der Waals surface area contributed by atoms with Crippen molar-refractivity contribution in [3.05, 3.63) is 100 Å². The van der Waals surface area contributed by atoms with E-state index in [0.29, 0.717) is 28.7 Å². The molecule has 0 radical (unpaired) electrons. The molecule has 4 N–H and O–H groups in total. The fourth-order valence-electron chi connectivity index (χ4n) is 5.74. The molecule has 2 aromatic rings. The van der Waals surface area contributed by atoms with E-state index in [2.05, 4.69) is 17.2 Å². The van der Waals surface area contributed by atoms with Gasteiger partial charge in [-0.2, -0.15) is 0 Å². The molecule has 2 aliphatic rings. The first-order valence-electron chi connectivity index (χ1n) is 15.8. The number of aromatic hydroxyl groups is 1. The van der Waals surface area contributed by atoms with Crippen LogP contribution >= 0.6 is 0 Å². The number of phenolic OH excluding ortho intramolecular Hbond substituents is 1. The van der Waals surface area contributed by atoms with E-state index in [0.717, 1.165) is 11.1 Å². The Morgan fingerprint density at radius 2 is 1.72 bits per heavy atom. The van der Waals surface area contributed by atoms with Crippen LogP contribution in [-0.4, -0.2) is 58.8 Å². The molecule has 1 unspecified atom stereocenters. The Bertz CT molecular complexity index is 1590. The second-order valence-corrected chi connectivity index (χ2v) is 12.8. The lowest BCUT2D eigenvalue weighted by molar-refractivity contribution is -0.169. The van der Waals surface area contributed by atoms with E-state index in [1.165, 1.54) is 6.08 Å². The average molecular weight is 645 g/mol. The highest BCUT2D eigenvalue weighted by Gasteiger charge is 2.51. The molecule has 1 aliphatic carbocycles. The van der Waals surface area contributed by atoms with E-state index in [-0.39, 0.29) is 43.0 Å². The monoisotopic (exact) mass is 644 g/mol. The molecule has 10 nitrogen and oxygen atoms in total. The lowest BCUT2D eigenvalue weighted by Crippen LogP contribution is -2.48. The van der Waals surface area contributed by atoms with Crippen LogP contribution < -0.4 is 10.6 Å². The summed E-state index contributed by atoms with van der Waals surface area (Å²) in [6, 6.07) is 11.6. The highest BCUT2D eigenvalue weighted by atomic mass is 16.6. The number of amides is 2. The van der Waals surface area contributed by atoms with Crippen LogP contribution in [0.3, 0.4) is 0 Å². The van der Waals surface area contributed by atoms with Gasteiger partial charge in [0.15, 0.2) is 6.10 Å². The summed E-state index contributed by atoms with van der Waals surface area (Å²) in [5.41, 5.74) is 2.75. The number of aliphatic hydroxyl groups is 1. The third-order valence-corrected chi connectivity index (χ3v) is 8.48. The molecular weight excluding hydrogens is 600 g/mol. The van der Waals surface area contributed by atoms with Crippen LogP contribution in [0.4, 0.5) is 0 Å². The lowest BCUT2D eigenvalue weighted by atomic mass is 9.99. The molecule has 0 spiro atoms. The molecule has 0 bridgehead atoms. The number of phenols is 1. The van der Waals surface area contributed by atoms with Gasteiger partial charge in [-0.05, 0) is 72.6 Å². The second-order valence-electron chi connectivity index (χ2n) is 12.8. The number of esters is 2. The maximum atomic E-state index is 13.5. The highest BCUT2D eigenvalue weighted by Crippen LogP contribution is 2.53. The number of carbonyl (C=O) groups excluding carboxylic acids is 4. The Kier molecular flexibility index (Phi) is 11.1. The van der Waals surface area contributed by atoms with E-state index in [1.54, 1.807) is 39.0 Å². The van der Waals surface area contributed by atoms with Gasteiger partial charge in [0.2, 0.25) is 11.8 Å². The molecule has 0 saturated heterocycles. The third kappa shape index (κ3) is 8.77. The van der Waals surface area contributed by atoms with Crippen LogP contribution in [0.2, 0.25) is 0 Å². The molecule has 0 aromatic heterocycles. The molecule has 2 amide bonds. The Hall–Kier alpha value is -4.70. The number of cyclic esters (lactones) is 2. The van der Waals surface area contributed by atoms with Crippen molar-refractivity contribution < 1.29 is 38.9 Å². The van der Waals surface area contributed by atoms with Crippen molar-refractivity contribution in [3.63, 3.8) is 0 Å². The molecule has 1 fully saturated rings. The third-order valence-electron chi connectivity index (χ3n) is 8.48. The topological polar surface area (TPSA) is 151 Å². The number of hydrogen-bond acceptors (Lipinski definition) is 8. The molecular formula is C37H44N2O8. The molecule has 1 saturated carbocycles. The predicted octanol–water partition coefficient (Wildman–Crippen LogP) is 4.15. The minimum absolute atomic E-state index is 0.0278. The number of rotatable bonds is 6. The van der Waals surface area contributed by atoms with Crippen molar-refractivity contribution in [1.82, 2.24) is 10.6 Å². The smallest absolute Gasteiger partial charge is 0.348 e. The molecule has 4 atom stereocenters. The first-order valence-corrected chi connectivity index (χ1v) is 15.8. The van der Waals surface area contributed by atoms with Crippen molar-refractivity contribution in [2.45, 2.75) is 84.2 Å². The molecule has 4 rings (SSSR count). The van der Waals surface area contributed by atoms with Gasteiger partial charge in [0.05, 0.1) is 0 Å². The van der Waals surface area contributed by atoms with Gasteiger partial charge < -0.3 is 30.3 Å². The van der Waals surface area contributed by atoms with Gasteiger partial charge in [-0.15, -0.1) is 0 Å². The largest absolute Gasteiger partial charge is 0.507 e. The number of ether oxygens (including phenoxy) is 2. The summed E-state index contributed by atoms with van der Waals surface area (Å²) in [5.74, 6) is -2.60. The summed E-state index contributed by atoms with van der Waals surface area (Å²) in [7, 11) is 0. The number of hydrogen-bond donors (Lipinski definition) is 4. The first-order chi connectivity index (χ1) is 22.2. The fourth-order valence-corrected chi connectivity index (χ4v) is 5.74. The zero-order chi connectivity index (χ0) is 34.5. The van der Waals surface area contributed by atoms with E-state index in [1.807, 2.05) is 44.2 Å². The van der Waals surface area contributed by atoms with E-state index in [9.17, 15) is 29.4 Å². The van der Waals surface area contributed by atoms with Crippen molar-refractivity contribution in [2.75, 3.05) is 6.54 Å². The SMILES string of the molecule is C=C1CNC(=O)[C@@H](Cc2cc(C)c(O)c(C)c2)NC(=O)/C=C/C[C@@H](C(C)=C2CC2(O)c2ccccc2)OC(=O)[C@H](CC(C)C)OC1=O. The van der Waals surface area contributed by atoms with Crippen LogP contribution in [0.15, 0.2) is 77.9 Å². The normalized spacial score (nSPS) is 26.2. The van der Waals surface area contributed by atoms with Gasteiger partial charge in [-0.1, -0.05) is 69.0 Å². The lowest BCUT2D eigenvalue weighted by Gasteiger charge is -2.24. The predicted molar refractivity (Wildman–Crippen MR) is 176 cm³/mol. The summed E-state index contributed by atoms with van der Waals surface area (Å²) in [4.78, 5) is 52.9. The summed E-state index contributed by atoms with van der Waals surface area (Å²) >= 11 is 0. The van der Waals surface area contributed by atoms with Gasteiger partial charge in [0, 0.05) is 31.4 Å². The van der Waals surface area contributed by atoms with E-state index in [4.69, 9.17) is 9.47 Å². The second kappa shape index (κ2) is 14.8. The Labute approximate surface area is 275 Å². The highest BCUT2D eigenvalue weighted by molar-refractivity contribution is 5.94. The van der Waals surface area contributed by atoms with Gasteiger partial charge in [0.1, 0.15) is 23.5 Å². The van der Waals surface area contributed by atoms with Crippen molar-refractivity contribution >= 4 is 23.8 Å². The average Bonchev–Trinajstić information content (AvgIpc) is 3.72. The summed E-state index contributed by atoms with van der Waals surface area (Å²) < 4.78 is 11.5. The summed E-state index contributed by atoms with van der Waals surface area (Å²) in [5, 5.41) is 26.9. The van der Waals surface area contributed by atoms with Gasteiger partial charge in [-0.3, -0.25) is 9.59 Å². The molecule has 10 heteroatoms. The van der Waals surface area contributed by atoms with Crippen LogP contribution in [0.1, 0.15) is 62.3 Å². The molecule has 1 heterocycles. The van der Waals surface area contributed by atoms with Crippen LogP contribution in [0, 0.1) is 19.8 Å². The van der Waals surface area contributed by atoms with Crippen molar-refractivity contribution in [3.8, 4) is 5.75 Å². The molecule has 2 aromatic carbocycles. The van der Waals surface area contributed by atoms with E-state index >= 15 is 0 Å². The number of nitrogens with one attached hydrogen (secondary N) is 2. The summed E-state index contributed by atoms with van der Waals surface area (Å²) in [6.07, 6.45) is 1.46. The van der Waals surface area contributed by atoms with Crippen LogP contribution in [0.25, 0.3) is 0 Å². The molecule has 250 valence electrons. The van der Waals surface area contributed by atoms with Crippen LogP contribution in [-0.2, 0) is 40.7 Å². The number of carbonyl (C=O) groups is 4.